The van der Waals surface area contributed by atoms with E-state index in [-0.39, 0.29) is 17.1 Å². The molecule has 1 heteroatoms. The van der Waals surface area contributed by atoms with Gasteiger partial charge in [0.2, 0.25) is 0 Å². The monoisotopic (exact) mass is 152 g/mol. The number of hydrogen-bond donors (Lipinski definition) is 0. The number of rotatable bonds is 2. The van der Waals surface area contributed by atoms with E-state index in [4.69, 9.17) is 6.42 Å². The first kappa shape index (κ1) is 10.2. The van der Waals surface area contributed by atoms with E-state index >= 15 is 0 Å². The smallest absolute Gasteiger partial charge is 0.134 e. The van der Waals surface area contributed by atoms with Crippen LogP contribution in [0.1, 0.15) is 34.1 Å². The van der Waals surface area contributed by atoms with Gasteiger partial charge in [0.1, 0.15) is 5.78 Å². The molecule has 1 nitrogen and oxygen atoms in total. The van der Waals surface area contributed by atoms with Crippen LogP contribution in [-0.4, -0.2) is 5.78 Å². The Morgan fingerprint density at radius 2 is 2.00 bits per heavy atom. The maximum atomic E-state index is 11.1. The summed E-state index contributed by atoms with van der Waals surface area (Å²) in [4.78, 5) is 11.1. The third-order valence-corrected chi connectivity index (χ3v) is 1.86. The molecule has 0 saturated carbocycles. The van der Waals surface area contributed by atoms with E-state index in [1.165, 1.54) is 0 Å². The minimum atomic E-state index is -0.00178. The highest BCUT2D eigenvalue weighted by atomic mass is 16.1. The average molecular weight is 152 g/mol. The fourth-order valence-electron chi connectivity index (χ4n) is 1.18. The first-order valence-electron chi connectivity index (χ1n) is 3.83. The fourth-order valence-corrected chi connectivity index (χ4v) is 1.18. The second-order valence-electron chi connectivity index (χ2n) is 3.94. The molecule has 0 aromatic rings. The standard InChI is InChI=1S/C10H16O/c1-6-7-9(8(2)11)10(3,4)5/h1,9H,7H2,2-5H3/t9-/m0/s1. The minimum absolute atomic E-state index is 0.00178. The van der Waals surface area contributed by atoms with E-state index in [1.54, 1.807) is 6.92 Å². The van der Waals surface area contributed by atoms with Gasteiger partial charge in [-0.2, -0.15) is 0 Å². The maximum absolute atomic E-state index is 11.1. The Balaban J connectivity index is 4.38. The van der Waals surface area contributed by atoms with Crippen molar-refractivity contribution in [2.24, 2.45) is 11.3 Å². The average Bonchev–Trinajstić information content (AvgIpc) is 1.79. The first-order valence-corrected chi connectivity index (χ1v) is 3.83. The van der Waals surface area contributed by atoms with Crippen LogP contribution in [0.2, 0.25) is 0 Å². The van der Waals surface area contributed by atoms with Crippen molar-refractivity contribution in [3.8, 4) is 12.3 Å². The van der Waals surface area contributed by atoms with Gasteiger partial charge in [-0.1, -0.05) is 20.8 Å². The molecule has 0 heterocycles. The summed E-state index contributed by atoms with van der Waals surface area (Å²) >= 11 is 0. The lowest BCUT2D eigenvalue weighted by Crippen LogP contribution is -2.26. The van der Waals surface area contributed by atoms with Gasteiger partial charge in [-0.15, -0.1) is 12.3 Å². The third-order valence-electron chi connectivity index (χ3n) is 1.86. The molecule has 0 amide bonds. The highest BCUT2D eigenvalue weighted by Gasteiger charge is 2.27. The summed E-state index contributed by atoms with van der Waals surface area (Å²) in [5.41, 5.74) is -0.00178. The fraction of sp³-hybridized carbons (Fsp3) is 0.700. The van der Waals surface area contributed by atoms with Crippen LogP contribution in [0.5, 0.6) is 0 Å². The van der Waals surface area contributed by atoms with Crippen LogP contribution >= 0.6 is 0 Å². The molecule has 0 N–H and O–H groups in total. The predicted octanol–water partition coefficient (Wildman–Crippen LogP) is 2.26. The van der Waals surface area contributed by atoms with Crippen molar-refractivity contribution in [3.63, 3.8) is 0 Å². The largest absolute Gasteiger partial charge is 0.300 e. The Morgan fingerprint density at radius 3 is 2.09 bits per heavy atom. The number of Topliss-reactive ketones (excluding diaryl/α,β-unsaturated/α-hetero) is 1. The maximum Gasteiger partial charge on any atom is 0.134 e. The Labute approximate surface area is 69.2 Å². The van der Waals surface area contributed by atoms with Crippen LogP contribution in [-0.2, 0) is 4.79 Å². The van der Waals surface area contributed by atoms with E-state index < -0.39 is 0 Å². The molecular weight excluding hydrogens is 136 g/mol. The summed E-state index contributed by atoms with van der Waals surface area (Å²) < 4.78 is 0. The van der Waals surface area contributed by atoms with Crippen molar-refractivity contribution >= 4 is 5.78 Å². The molecule has 0 fully saturated rings. The molecule has 0 unspecified atom stereocenters. The quantitative estimate of drug-likeness (QED) is 0.555. The van der Waals surface area contributed by atoms with Crippen molar-refractivity contribution in [3.05, 3.63) is 0 Å². The van der Waals surface area contributed by atoms with E-state index in [0.29, 0.717) is 6.42 Å². The molecule has 0 bridgehead atoms. The molecule has 0 aliphatic carbocycles. The van der Waals surface area contributed by atoms with Crippen LogP contribution in [0.25, 0.3) is 0 Å². The van der Waals surface area contributed by atoms with E-state index in [1.807, 2.05) is 20.8 Å². The van der Waals surface area contributed by atoms with Crippen LogP contribution in [0, 0.1) is 23.7 Å². The molecule has 11 heavy (non-hydrogen) atoms. The van der Waals surface area contributed by atoms with Crippen molar-refractivity contribution in [1.29, 1.82) is 0 Å². The van der Waals surface area contributed by atoms with Crippen molar-refractivity contribution in [2.75, 3.05) is 0 Å². The van der Waals surface area contributed by atoms with Gasteiger partial charge in [-0.25, -0.2) is 0 Å². The predicted molar refractivity (Wildman–Crippen MR) is 47.1 cm³/mol. The van der Waals surface area contributed by atoms with Gasteiger partial charge in [0.05, 0.1) is 0 Å². The molecule has 0 saturated heterocycles. The van der Waals surface area contributed by atoms with Gasteiger partial charge < -0.3 is 0 Å². The third kappa shape index (κ3) is 3.23. The van der Waals surface area contributed by atoms with E-state index in [0.717, 1.165) is 0 Å². The summed E-state index contributed by atoms with van der Waals surface area (Å²) in [7, 11) is 0. The summed E-state index contributed by atoms with van der Waals surface area (Å²) in [5.74, 6) is 2.73. The Morgan fingerprint density at radius 1 is 1.55 bits per heavy atom. The molecule has 0 aromatic carbocycles. The highest BCUT2D eigenvalue weighted by molar-refractivity contribution is 5.79. The van der Waals surface area contributed by atoms with E-state index in [9.17, 15) is 4.79 Å². The van der Waals surface area contributed by atoms with E-state index in [2.05, 4.69) is 5.92 Å². The Kier molecular flexibility index (Phi) is 3.32. The van der Waals surface area contributed by atoms with Crippen molar-refractivity contribution in [1.82, 2.24) is 0 Å². The Hall–Kier alpha value is -0.770. The van der Waals surface area contributed by atoms with Crippen LogP contribution in [0.3, 0.4) is 0 Å². The summed E-state index contributed by atoms with van der Waals surface area (Å²) in [6, 6.07) is 0. The number of terminal acetylenes is 1. The lowest BCUT2D eigenvalue weighted by Gasteiger charge is -2.26. The summed E-state index contributed by atoms with van der Waals surface area (Å²) in [6.07, 6.45) is 5.72. The molecule has 1 atom stereocenters. The number of hydrogen-bond acceptors (Lipinski definition) is 1. The van der Waals surface area contributed by atoms with Gasteiger partial charge in [0.25, 0.3) is 0 Å². The van der Waals surface area contributed by atoms with Crippen molar-refractivity contribution < 1.29 is 4.79 Å². The molecule has 0 radical (unpaired) electrons. The number of carbonyl (C=O) groups is 1. The summed E-state index contributed by atoms with van der Waals surface area (Å²) in [5, 5.41) is 0. The molecule has 0 aliphatic rings. The van der Waals surface area contributed by atoms with Crippen LogP contribution < -0.4 is 0 Å². The van der Waals surface area contributed by atoms with Crippen LogP contribution in [0.4, 0.5) is 0 Å². The zero-order valence-corrected chi connectivity index (χ0v) is 7.77. The van der Waals surface area contributed by atoms with Gasteiger partial charge in [0, 0.05) is 12.3 Å². The van der Waals surface area contributed by atoms with Crippen molar-refractivity contribution in [2.45, 2.75) is 34.1 Å². The summed E-state index contributed by atoms with van der Waals surface area (Å²) in [6.45, 7) is 7.72. The van der Waals surface area contributed by atoms with Gasteiger partial charge in [-0.3, -0.25) is 4.79 Å². The number of ketones is 1. The minimum Gasteiger partial charge on any atom is -0.300 e. The van der Waals surface area contributed by atoms with Crippen LogP contribution in [0.15, 0.2) is 0 Å². The molecule has 0 spiro atoms. The molecule has 0 aliphatic heterocycles. The lowest BCUT2D eigenvalue weighted by atomic mass is 9.77. The highest BCUT2D eigenvalue weighted by Crippen LogP contribution is 2.28. The molecular formula is C10H16O. The SMILES string of the molecule is C#CC[C@@H](C(C)=O)C(C)(C)C. The van der Waals surface area contributed by atoms with Gasteiger partial charge >= 0.3 is 0 Å². The second kappa shape index (κ2) is 3.57. The molecule has 0 rings (SSSR count). The molecule has 0 aromatic heterocycles. The lowest BCUT2D eigenvalue weighted by molar-refractivity contribution is -0.123. The topological polar surface area (TPSA) is 17.1 Å². The Bertz CT molecular complexity index is 178. The normalized spacial score (nSPS) is 13.7. The number of carbonyl (C=O) groups excluding carboxylic acids is 1. The zero-order chi connectivity index (χ0) is 9.07. The zero-order valence-electron chi connectivity index (χ0n) is 7.77. The van der Waals surface area contributed by atoms with Gasteiger partial charge in [0.15, 0.2) is 0 Å². The van der Waals surface area contributed by atoms with Gasteiger partial charge in [-0.05, 0) is 12.3 Å². The second-order valence-corrected chi connectivity index (χ2v) is 3.94. The first-order chi connectivity index (χ1) is 4.89. The molecule has 62 valence electrons.